The van der Waals surface area contributed by atoms with E-state index in [-0.39, 0.29) is 24.5 Å². The van der Waals surface area contributed by atoms with E-state index in [4.69, 9.17) is 9.47 Å². The molecule has 0 radical (unpaired) electrons. The number of carbonyl (C=O) groups excluding carboxylic acids is 1. The molecule has 0 aliphatic carbocycles. The van der Waals surface area contributed by atoms with E-state index >= 15 is 0 Å². The van der Waals surface area contributed by atoms with Gasteiger partial charge in [-0.3, -0.25) is 9.48 Å². The summed E-state index contributed by atoms with van der Waals surface area (Å²) in [5.74, 6) is 0.596. The Morgan fingerprint density at radius 1 is 1.57 bits per heavy atom. The molecule has 23 heavy (non-hydrogen) atoms. The molecular weight excluding hydrogens is 298 g/mol. The number of hydrogen-bond donors (Lipinski definition) is 2. The molecule has 124 valence electrons. The molecule has 0 spiro atoms. The van der Waals surface area contributed by atoms with E-state index in [1.54, 1.807) is 17.2 Å². The number of ether oxygens (including phenoxy) is 2. The molecule has 2 aromatic heterocycles. The number of aromatic nitrogens is 4. The van der Waals surface area contributed by atoms with E-state index in [0.717, 1.165) is 17.9 Å². The molecule has 2 aromatic rings. The molecule has 1 saturated heterocycles. The van der Waals surface area contributed by atoms with Gasteiger partial charge in [0.05, 0.1) is 50.1 Å². The second-order valence-electron chi connectivity index (χ2n) is 5.55. The Kier molecular flexibility index (Phi) is 4.61. The molecule has 0 unspecified atom stereocenters. The fraction of sp³-hybridized carbons (Fsp3) is 0.533. The van der Waals surface area contributed by atoms with Crippen molar-refractivity contribution in [1.29, 1.82) is 0 Å². The molecule has 8 heteroatoms. The molecule has 0 aromatic carbocycles. The first-order chi connectivity index (χ1) is 11.2. The fourth-order valence-electron chi connectivity index (χ4n) is 2.51. The lowest BCUT2D eigenvalue weighted by atomic mass is 10.2. The van der Waals surface area contributed by atoms with Crippen molar-refractivity contribution in [2.75, 3.05) is 13.2 Å². The van der Waals surface area contributed by atoms with Crippen LogP contribution in [0.5, 0.6) is 5.75 Å². The fourth-order valence-corrected chi connectivity index (χ4v) is 2.51. The molecule has 3 heterocycles. The van der Waals surface area contributed by atoms with Crippen LogP contribution in [0.3, 0.4) is 0 Å². The minimum Gasteiger partial charge on any atom is -0.482 e. The number of H-pyrrole nitrogens is 1. The van der Waals surface area contributed by atoms with Crippen LogP contribution in [0.15, 0.2) is 18.7 Å². The summed E-state index contributed by atoms with van der Waals surface area (Å²) < 4.78 is 13.1. The largest absolute Gasteiger partial charge is 0.482 e. The van der Waals surface area contributed by atoms with Gasteiger partial charge in [-0.25, -0.2) is 4.98 Å². The Bertz CT molecular complexity index is 666. The van der Waals surface area contributed by atoms with E-state index in [1.807, 2.05) is 20.0 Å². The Hall–Kier alpha value is -2.35. The summed E-state index contributed by atoms with van der Waals surface area (Å²) >= 11 is 0. The van der Waals surface area contributed by atoms with Crippen molar-refractivity contribution in [2.24, 2.45) is 0 Å². The highest BCUT2D eigenvalue weighted by molar-refractivity contribution is 5.78. The maximum Gasteiger partial charge on any atom is 0.226 e. The van der Waals surface area contributed by atoms with E-state index in [1.165, 1.54) is 0 Å². The maximum atomic E-state index is 12.2. The van der Waals surface area contributed by atoms with Crippen LogP contribution >= 0.6 is 0 Å². The summed E-state index contributed by atoms with van der Waals surface area (Å²) in [6.07, 6.45) is 5.13. The second kappa shape index (κ2) is 6.82. The van der Waals surface area contributed by atoms with Crippen LogP contribution in [-0.4, -0.2) is 51.0 Å². The standard InChI is InChI=1S/C15H21N5O3/c1-3-20-6-11(5-18-20)23-14-8-22-7-13(14)19-15(21)4-12-10(2)16-9-17-12/h5-6,9,13-14H,3-4,7-8H2,1-2H3,(H,16,17)(H,19,21)/t13-,14+/m0/s1. The number of aryl methyl sites for hydroxylation is 2. The van der Waals surface area contributed by atoms with Gasteiger partial charge in [0.15, 0.2) is 5.75 Å². The number of carbonyl (C=O) groups is 1. The first-order valence-electron chi connectivity index (χ1n) is 7.70. The number of rotatable bonds is 6. The summed E-state index contributed by atoms with van der Waals surface area (Å²) in [6, 6.07) is -0.174. The number of imidazole rings is 1. The molecule has 0 bridgehead atoms. The summed E-state index contributed by atoms with van der Waals surface area (Å²) in [6.45, 7) is 5.58. The van der Waals surface area contributed by atoms with Crippen molar-refractivity contribution in [3.63, 3.8) is 0 Å². The number of hydrogen-bond acceptors (Lipinski definition) is 5. The van der Waals surface area contributed by atoms with Crippen molar-refractivity contribution in [2.45, 2.75) is 39.0 Å². The van der Waals surface area contributed by atoms with Gasteiger partial charge >= 0.3 is 0 Å². The SMILES string of the molecule is CCn1cc(O[C@@H]2COC[C@@H]2NC(=O)Cc2nc[nH]c2C)cn1. The van der Waals surface area contributed by atoms with Crippen LogP contribution in [0, 0.1) is 6.92 Å². The molecule has 1 aliphatic rings. The lowest BCUT2D eigenvalue weighted by molar-refractivity contribution is -0.121. The zero-order chi connectivity index (χ0) is 16.2. The zero-order valence-corrected chi connectivity index (χ0v) is 13.3. The molecule has 0 saturated carbocycles. The van der Waals surface area contributed by atoms with Gasteiger partial charge in [-0.05, 0) is 13.8 Å². The van der Waals surface area contributed by atoms with Crippen LogP contribution in [-0.2, 0) is 22.5 Å². The smallest absolute Gasteiger partial charge is 0.226 e. The third kappa shape index (κ3) is 3.70. The Labute approximate surface area is 134 Å². The highest BCUT2D eigenvalue weighted by Crippen LogP contribution is 2.16. The monoisotopic (exact) mass is 319 g/mol. The summed E-state index contributed by atoms with van der Waals surface area (Å²) in [5, 5.41) is 7.14. The van der Waals surface area contributed by atoms with Gasteiger partial charge in [-0.15, -0.1) is 0 Å². The van der Waals surface area contributed by atoms with E-state index in [0.29, 0.717) is 19.0 Å². The molecule has 1 amide bonds. The van der Waals surface area contributed by atoms with E-state index < -0.39 is 0 Å². The quantitative estimate of drug-likeness (QED) is 0.806. The third-order valence-electron chi connectivity index (χ3n) is 3.86. The van der Waals surface area contributed by atoms with Crippen molar-refractivity contribution in [3.8, 4) is 5.75 Å². The van der Waals surface area contributed by atoms with Crippen LogP contribution in [0.2, 0.25) is 0 Å². The maximum absolute atomic E-state index is 12.2. The lowest BCUT2D eigenvalue weighted by Gasteiger charge is -2.19. The Balaban J connectivity index is 1.56. The predicted octanol–water partition coefficient (Wildman–Crippen LogP) is 0.440. The van der Waals surface area contributed by atoms with Crippen LogP contribution < -0.4 is 10.1 Å². The van der Waals surface area contributed by atoms with E-state index in [2.05, 4.69) is 20.4 Å². The van der Waals surface area contributed by atoms with Crippen molar-refractivity contribution < 1.29 is 14.3 Å². The zero-order valence-electron chi connectivity index (χ0n) is 13.3. The van der Waals surface area contributed by atoms with Crippen molar-refractivity contribution >= 4 is 5.91 Å². The molecule has 1 aliphatic heterocycles. The number of amides is 1. The average Bonchev–Trinajstić information content (AvgIpc) is 3.24. The summed E-state index contributed by atoms with van der Waals surface area (Å²) in [4.78, 5) is 19.3. The Morgan fingerprint density at radius 3 is 3.13 bits per heavy atom. The molecule has 3 rings (SSSR count). The van der Waals surface area contributed by atoms with E-state index in [9.17, 15) is 4.79 Å². The van der Waals surface area contributed by atoms with Gasteiger partial charge < -0.3 is 19.8 Å². The first kappa shape index (κ1) is 15.5. The number of nitrogens with one attached hydrogen (secondary N) is 2. The van der Waals surface area contributed by atoms with Gasteiger partial charge in [0.2, 0.25) is 5.91 Å². The van der Waals surface area contributed by atoms with Gasteiger partial charge in [0.1, 0.15) is 6.10 Å². The molecule has 2 N–H and O–H groups in total. The molecule has 1 fully saturated rings. The molecule has 2 atom stereocenters. The molecular formula is C15H21N5O3. The number of aromatic amines is 1. The topological polar surface area (TPSA) is 94.1 Å². The summed E-state index contributed by atoms with van der Waals surface area (Å²) in [5.41, 5.74) is 1.66. The minimum absolute atomic E-state index is 0.0893. The van der Waals surface area contributed by atoms with Gasteiger partial charge in [0.25, 0.3) is 0 Å². The van der Waals surface area contributed by atoms with Crippen LogP contribution in [0.1, 0.15) is 18.3 Å². The van der Waals surface area contributed by atoms with Crippen LogP contribution in [0.4, 0.5) is 0 Å². The second-order valence-corrected chi connectivity index (χ2v) is 5.55. The van der Waals surface area contributed by atoms with Gasteiger partial charge in [0, 0.05) is 12.2 Å². The molecule has 8 nitrogen and oxygen atoms in total. The third-order valence-corrected chi connectivity index (χ3v) is 3.86. The predicted molar refractivity (Wildman–Crippen MR) is 82.1 cm³/mol. The highest BCUT2D eigenvalue weighted by atomic mass is 16.5. The lowest BCUT2D eigenvalue weighted by Crippen LogP contribution is -2.45. The Morgan fingerprint density at radius 2 is 2.43 bits per heavy atom. The average molecular weight is 319 g/mol. The van der Waals surface area contributed by atoms with Crippen molar-refractivity contribution in [1.82, 2.24) is 25.1 Å². The number of nitrogens with zero attached hydrogens (tertiary/aromatic N) is 3. The van der Waals surface area contributed by atoms with Crippen molar-refractivity contribution in [3.05, 3.63) is 30.1 Å². The van der Waals surface area contributed by atoms with Gasteiger partial charge in [-0.2, -0.15) is 5.10 Å². The highest BCUT2D eigenvalue weighted by Gasteiger charge is 2.31. The van der Waals surface area contributed by atoms with Crippen LogP contribution in [0.25, 0.3) is 0 Å². The van der Waals surface area contributed by atoms with Gasteiger partial charge in [-0.1, -0.05) is 0 Å². The first-order valence-corrected chi connectivity index (χ1v) is 7.70. The normalized spacial score (nSPS) is 20.6. The summed E-state index contributed by atoms with van der Waals surface area (Å²) in [7, 11) is 0. The minimum atomic E-state index is -0.214.